The third-order valence-electron chi connectivity index (χ3n) is 4.97. The summed E-state index contributed by atoms with van der Waals surface area (Å²) < 4.78 is 20.3. The summed E-state index contributed by atoms with van der Waals surface area (Å²) in [5, 5.41) is 3.63. The van der Waals surface area contributed by atoms with Gasteiger partial charge in [-0.1, -0.05) is 42.5 Å². The van der Waals surface area contributed by atoms with Crippen LogP contribution < -0.4 is 5.32 Å². The Kier molecular flexibility index (Phi) is 5.80. The number of halogens is 1. The topological polar surface area (TPSA) is 60.3 Å². The fourth-order valence-corrected chi connectivity index (χ4v) is 3.51. The van der Waals surface area contributed by atoms with E-state index < -0.39 is 5.97 Å². The van der Waals surface area contributed by atoms with E-state index in [1.807, 2.05) is 28.8 Å². The van der Waals surface area contributed by atoms with E-state index in [1.165, 1.54) is 12.1 Å². The molecular weight excluding hydrogens is 395 g/mol. The molecule has 0 spiro atoms. The van der Waals surface area contributed by atoms with Crippen LogP contribution in [0.2, 0.25) is 0 Å². The molecule has 5 nitrogen and oxygen atoms in total. The van der Waals surface area contributed by atoms with Gasteiger partial charge in [0.25, 0.3) is 5.91 Å². The van der Waals surface area contributed by atoms with Crippen LogP contribution >= 0.6 is 0 Å². The van der Waals surface area contributed by atoms with Crippen molar-refractivity contribution in [3.05, 3.63) is 102 Å². The number of amides is 1. The van der Waals surface area contributed by atoms with E-state index in [0.29, 0.717) is 23.4 Å². The van der Waals surface area contributed by atoms with Gasteiger partial charge in [0.2, 0.25) is 0 Å². The van der Waals surface area contributed by atoms with Crippen molar-refractivity contribution in [1.29, 1.82) is 0 Å². The molecule has 0 aliphatic rings. The number of fused-ring (bicyclic) bond motifs is 1. The van der Waals surface area contributed by atoms with Gasteiger partial charge in [-0.15, -0.1) is 0 Å². The Morgan fingerprint density at radius 1 is 0.935 bits per heavy atom. The Morgan fingerprint density at radius 2 is 1.65 bits per heavy atom. The van der Waals surface area contributed by atoms with Crippen LogP contribution in [0.25, 0.3) is 10.9 Å². The molecular formula is C25H21FN2O3. The maximum atomic E-state index is 13.2. The summed E-state index contributed by atoms with van der Waals surface area (Å²) in [7, 11) is 0. The molecule has 6 heteroatoms. The van der Waals surface area contributed by atoms with E-state index in [4.69, 9.17) is 4.74 Å². The van der Waals surface area contributed by atoms with Gasteiger partial charge in [0, 0.05) is 23.6 Å². The smallest absolute Gasteiger partial charge is 0.340 e. The molecule has 4 aromatic rings. The zero-order valence-electron chi connectivity index (χ0n) is 17.0. The van der Waals surface area contributed by atoms with Crippen LogP contribution in [0.5, 0.6) is 0 Å². The van der Waals surface area contributed by atoms with E-state index in [-0.39, 0.29) is 18.3 Å². The van der Waals surface area contributed by atoms with Gasteiger partial charge in [-0.05, 0) is 42.8 Å². The molecule has 0 bridgehead atoms. The molecule has 3 aromatic carbocycles. The summed E-state index contributed by atoms with van der Waals surface area (Å²) in [4.78, 5) is 25.4. The van der Waals surface area contributed by atoms with Crippen molar-refractivity contribution in [2.75, 3.05) is 11.9 Å². The number of aromatic nitrogens is 1. The first kappa shape index (κ1) is 20.3. The van der Waals surface area contributed by atoms with Crippen LogP contribution in [0, 0.1) is 5.82 Å². The van der Waals surface area contributed by atoms with Crippen molar-refractivity contribution < 1.29 is 18.7 Å². The van der Waals surface area contributed by atoms with E-state index in [9.17, 15) is 14.0 Å². The molecule has 0 atom stereocenters. The van der Waals surface area contributed by atoms with Crippen LogP contribution in [-0.2, 0) is 11.3 Å². The number of nitrogens with zero attached hydrogens (tertiary/aromatic N) is 1. The van der Waals surface area contributed by atoms with Gasteiger partial charge in [0.05, 0.1) is 23.4 Å². The average molecular weight is 416 g/mol. The SMILES string of the molecule is CCOC(=O)c1ccccc1NC(=O)c1cn(Cc2ccc(F)cc2)c2ccccc12. The van der Waals surface area contributed by atoms with Crippen molar-refractivity contribution in [3.8, 4) is 0 Å². The first-order valence-electron chi connectivity index (χ1n) is 9.96. The minimum atomic E-state index is -0.489. The molecule has 0 aliphatic heterocycles. The second kappa shape index (κ2) is 8.83. The number of nitrogens with one attached hydrogen (secondary N) is 1. The molecule has 1 aromatic heterocycles. The summed E-state index contributed by atoms with van der Waals surface area (Å²) >= 11 is 0. The number of benzene rings is 3. The summed E-state index contributed by atoms with van der Waals surface area (Å²) in [6.07, 6.45) is 1.77. The quantitative estimate of drug-likeness (QED) is 0.436. The predicted octanol–water partition coefficient (Wildman–Crippen LogP) is 5.26. The average Bonchev–Trinajstić information content (AvgIpc) is 3.14. The Labute approximate surface area is 179 Å². The van der Waals surface area contributed by atoms with Gasteiger partial charge in [0.1, 0.15) is 5.82 Å². The Hall–Kier alpha value is -3.93. The molecule has 0 saturated heterocycles. The predicted molar refractivity (Wildman–Crippen MR) is 118 cm³/mol. The molecule has 1 heterocycles. The maximum Gasteiger partial charge on any atom is 0.340 e. The molecule has 31 heavy (non-hydrogen) atoms. The van der Waals surface area contributed by atoms with Crippen LogP contribution in [0.15, 0.2) is 79.0 Å². The van der Waals surface area contributed by atoms with Gasteiger partial charge < -0.3 is 14.6 Å². The van der Waals surface area contributed by atoms with Crippen LogP contribution in [0.1, 0.15) is 33.2 Å². The molecule has 0 saturated carbocycles. The van der Waals surface area contributed by atoms with Crippen molar-refractivity contribution in [2.24, 2.45) is 0 Å². The number of carbonyl (C=O) groups is 2. The lowest BCUT2D eigenvalue weighted by Gasteiger charge is -2.10. The zero-order chi connectivity index (χ0) is 21.8. The Bertz CT molecular complexity index is 1250. The van der Waals surface area contributed by atoms with E-state index in [1.54, 1.807) is 49.5 Å². The summed E-state index contributed by atoms with van der Waals surface area (Å²) in [6.45, 7) is 2.47. The summed E-state index contributed by atoms with van der Waals surface area (Å²) in [5.41, 5.74) is 2.97. The third kappa shape index (κ3) is 4.33. The second-order valence-electron chi connectivity index (χ2n) is 7.03. The van der Waals surface area contributed by atoms with Gasteiger partial charge in [-0.3, -0.25) is 4.79 Å². The molecule has 1 N–H and O–H groups in total. The normalized spacial score (nSPS) is 10.8. The molecule has 0 fully saturated rings. The van der Waals surface area contributed by atoms with Gasteiger partial charge in [0.15, 0.2) is 0 Å². The molecule has 0 unspecified atom stereocenters. The molecule has 4 rings (SSSR count). The van der Waals surface area contributed by atoms with Crippen LogP contribution in [-0.4, -0.2) is 23.1 Å². The van der Waals surface area contributed by atoms with E-state index in [2.05, 4.69) is 5.32 Å². The molecule has 0 radical (unpaired) electrons. The highest BCUT2D eigenvalue weighted by Crippen LogP contribution is 2.25. The monoisotopic (exact) mass is 416 g/mol. The second-order valence-corrected chi connectivity index (χ2v) is 7.03. The number of hydrogen-bond acceptors (Lipinski definition) is 3. The standard InChI is InChI=1S/C25H21FN2O3/c1-2-31-25(30)20-8-3-5-9-22(20)27-24(29)21-16-28(23-10-6-4-7-19(21)23)15-17-11-13-18(26)14-12-17/h3-14,16H,2,15H2,1H3,(H,27,29). The number of carbonyl (C=O) groups excluding carboxylic acids is 2. The number of ether oxygens (including phenoxy) is 1. The molecule has 156 valence electrons. The highest BCUT2D eigenvalue weighted by Gasteiger charge is 2.18. The molecule has 1 amide bonds. The summed E-state index contributed by atoms with van der Waals surface area (Å²) in [6, 6.07) is 20.6. The lowest BCUT2D eigenvalue weighted by atomic mass is 10.1. The van der Waals surface area contributed by atoms with Gasteiger partial charge in [-0.2, -0.15) is 0 Å². The van der Waals surface area contributed by atoms with Crippen molar-refractivity contribution in [3.63, 3.8) is 0 Å². The fourth-order valence-electron chi connectivity index (χ4n) is 3.51. The fraction of sp³-hybridized carbons (Fsp3) is 0.120. The van der Waals surface area contributed by atoms with E-state index in [0.717, 1.165) is 16.5 Å². The first-order chi connectivity index (χ1) is 15.1. The van der Waals surface area contributed by atoms with Crippen LogP contribution in [0.3, 0.4) is 0 Å². The zero-order valence-corrected chi connectivity index (χ0v) is 17.0. The number of esters is 1. The minimum absolute atomic E-state index is 0.248. The lowest BCUT2D eigenvalue weighted by Crippen LogP contribution is -2.15. The van der Waals surface area contributed by atoms with Gasteiger partial charge >= 0.3 is 5.97 Å². The maximum absolute atomic E-state index is 13.2. The molecule has 0 aliphatic carbocycles. The lowest BCUT2D eigenvalue weighted by molar-refractivity contribution is 0.0527. The summed E-state index contributed by atoms with van der Waals surface area (Å²) in [5.74, 6) is -1.11. The largest absolute Gasteiger partial charge is 0.462 e. The highest BCUT2D eigenvalue weighted by atomic mass is 19.1. The number of para-hydroxylation sites is 2. The van der Waals surface area contributed by atoms with Crippen LogP contribution in [0.4, 0.5) is 10.1 Å². The third-order valence-corrected chi connectivity index (χ3v) is 4.97. The Balaban J connectivity index is 1.67. The van der Waals surface area contributed by atoms with Gasteiger partial charge in [-0.25, -0.2) is 9.18 Å². The minimum Gasteiger partial charge on any atom is -0.462 e. The number of rotatable bonds is 6. The van der Waals surface area contributed by atoms with E-state index >= 15 is 0 Å². The number of anilines is 1. The van der Waals surface area contributed by atoms with Crippen molar-refractivity contribution in [2.45, 2.75) is 13.5 Å². The first-order valence-corrected chi connectivity index (χ1v) is 9.96. The highest BCUT2D eigenvalue weighted by molar-refractivity contribution is 6.14. The number of hydrogen-bond donors (Lipinski definition) is 1. The van der Waals surface area contributed by atoms with Crippen molar-refractivity contribution in [1.82, 2.24) is 4.57 Å². The van der Waals surface area contributed by atoms with Crippen molar-refractivity contribution >= 4 is 28.5 Å². The Morgan fingerprint density at radius 3 is 2.42 bits per heavy atom.